The van der Waals surface area contributed by atoms with Gasteiger partial charge in [-0.05, 0) is 24.6 Å². The van der Waals surface area contributed by atoms with Crippen LogP contribution in [0.1, 0.15) is 18.4 Å². The van der Waals surface area contributed by atoms with Gasteiger partial charge in [-0.2, -0.15) is 0 Å². The number of nitrogens with zero attached hydrogens (tertiary/aromatic N) is 2. The second-order valence-electron chi connectivity index (χ2n) is 5.96. The van der Waals surface area contributed by atoms with Crippen LogP contribution in [-0.4, -0.2) is 24.1 Å². The van der Waals surface area contributed by atoms with Gasteiger partial charge in [0.15, 0.2) is 0 Å². The summed E-state index contributed by atoms with van der Waals surface area (Å²) < 4.78 is 5.95. The third-order valence-corrected chi connectivity index (χ3v) is 4.61. The molecule has 6 heteroatoms. The Labute approximate surface area is 146 Å². The van der Waals surface area contributed by atoms with Crippen LogP contribution in [-0.2, 0) is 0 Å². The summed E-state index contributed by atoms with van der Waals surface area (Å²) in [6.45, 7) is 3.95. The van der Waals surface area contributed by atoms with Gasteiger partial charge in [0.1, 0.15) is 11.9 Å². The number of non-ortho nitro benzene ring substituents is 1. The molecule has 0 amide bonds. The first-order valence-corrected chi connectivity index (χ1v) is 8.33. The third-order valence-electron chi connectivity index (χ3n) is 4.32. The molecular weight excluding hydrogens is 328 g/mol. The number of aryl methyl sites for hydroxylation is 1. The van der Waals surface area contributed by atoms with Crippen LogP contribution in [0.15, 0.2) is 42.5 Å². The van der Waals surface area contributed by atoms with Gasteiger partial charge in [0.25, 0.3) is 5.69 Å². The number of rotatable bonds is 4. The van der Waals surface area contributed by atoms with Gasteiger partial charge < -0.3 is 9.64 Å². The zero-order valence-electron chi connectivity index (χ0n) is 13.4. The molecule has 0 radical (unpaired) electrons. The molecule has 5 nitrogen and oxygen atoms in total. The molecule has 0 saturated carbocycles. The van der Waals surface area contributed by atoms with Crippen molar-refractivity contribution in [3.63, 3.8) is 0 Å². The predicted molar refractivity (Wildman–Crippen MR) is 95.1 cm³/mol. The molecule has 1 heterocycles. The standard InChI is InChI=1S/C18H19ClN2O3/c1-13-4-2-3-5-17(13)20-10-8-15(9-11-20)24-18-7-6-14(21(22)23)12-16(18)19/h2-7,12,15H,8-11H2,1H3. The molecule has 1 saturated heterocycles. The lowest BCUT2D eigenvalue weighted by molar-refractivity contribution is -0.384. The fraction of sp³-hybridized carbons (Fsp3) is 0.333. The van der Waals surface area contributed by atoms with E-state index in [1.807, 2.05) is 6.07 Å². The number of halogens is 1. The molecule has 1 fully saturated rings. The zero-order chi connectivity index (χ0) is 17.1. The van der Waals surface area contributed by atoms with Crippen molar-refractivity contribution in [2.24, 2.45) is 0 Å². The molecule has 0 aromatic heterocycles. The topological polar surface area (TPSA) is 55.6 Å². The van der Waals surface area contributed by atoms with Crippen LogP contribution in [0.25, 0.3) is 0 Å². The molecular formula is C18H19ClN2O3. The second-order valence-corrected chi connectivity index (χ2v) is 6.37. The molecule has 0 atom stereocenters. The van der Waals surface area contributed by atoms with Crippen molar-refractivity contribution in [2.75, 3.05) is 18.0 Å². The Morgan fingerprint density at radius 2 is 1.92 bits per heavy atom. The average Bonchev–Trinajstić information content (AvgIpc) is 2.58. The summed E-state index contributed by atoms with van der Waals surface area (Å²) in [4.78, 5) is 12.7. The highest BCUT2D eigenvalue weighted by Crippen LogP contribution is 2.31. The minimum atomic E-state index is -0.462. The van der Waals surface area contributed by atoms with Gasteiger partial charge in [-0.25, -0.2) is 0 Å². The van der Waals surface area contributed by atoms with Crippen LogP contribution in [0.3, 0.4) is 0 Å². The van der Waals surface area contributed by atoms with Crippen LogP contribution in [0.4, 0.5) is 11.4 Å². The molecule has 1 aliphatic heterocycles. The van der Waals surface area contributed by atoms with Crippen LogP contribution >= 0.6 is 11.6 Å². The van der Waals surface area contributed by atoms with Crippen LogP contribution in [0, 0.1) is 17.0 Å². The lowest BCUT2D eigenvalue weighted by Crippen LogP contribution is -2.38. The van der Waals surface area contributed by atoms with Gasteiger partial charge in [0.05, 0.1) is 9.95 Å². The van der Waals surface area contributed by atoms with E-state index in [9.17, 15) is 10.1 Å². The van der Waals surface area contributed by atoms with Gasteiger partial charge in [0, 0.05) is 43.8 Å². The van der Waals surface area contributed by atoms with Crippen molar-refractivity contribution < 1.29 is 9.66 Å². The van der Waals surface area contributed by atoms with E-state index in [4.69, 9.17) is 16.3 Å². The Hall–Kier alpha value is -2.27. The molecule has 2 aromatic rings. The number of nitro benzene ring substituents is 1. The summed E-state index contributed by atoms with van der Waals surface area (Å²) in [5, 5.41) is 11.0. The van der Waals surface area contributed by atoms with Crippen LogP contribution < -0.4 is 9.64 Å². The summed E-state index contributed by atoms with van der Waals surface area (Å²) in [5.41, 5.74) is 2.52. The van der Waals surface area contributed by atoms with Gasteiger partial charge >= 0.3 is 0 Å². The average molecular weight is 347 g/mol. The minimum Gasteiger partial charge on any atom is -0.489 e. The highest BCUT2D eigenvalue weighted by molar-refractivity contribution is 6.32. The number of hydrogen-bond donors (Lipinski definition) is 0. The highest BCUT2D eigenvalue weighted by Gasteiger charge is 2.22. The largest absolute Gasteiger partial charge is 0.489 e. The van der Waals surface area contributed by atoms with Crippen molar-refractivity contribution >= 4 is 23.0 Å². The number of piperidine rings is 1. The van der Waals surface area contributed by atoms with Gasteiger partial charge in [-0.3, -0.25) is 10.1 Å². The monoisotopic (exact) mass is 346 g/mol. The van der Waals surface area contributed by atoms with E-state index in [2.05, 4.69) is 30.0 Å². The lowest BCUT2D eigenvalue weighted by atomic mass is 10.1. The zero-order valence-corrected chi connectivity index (χ0v) is 14.2. The summed E-state index contributed by atoms with van der Waals surface area (Å²) >= 11 is 6.10. The van der Waals surface area contributed by atoms with Crippen LogP contribution in [0.5, 0.6) is 5.75 Å². The number of nitro groups is 1. The first kappa shape index (κ1) is 16.6. The SMILES string of the molecule is Cc1ccccc1N1CCC(Oc2ccc([N+](=O)[O-])cc2Cl)CC1. The summed E-state index contributed by atoms with van der Waals surface area (Å²) in [6, 6.07) is 12.7. The summed E-state index contributed by atoms with van der Waals surface area (Å²) in [5.74, 6) is 0.511. The molecule has 24 heavy (non-hydrogen) atoms. The number of para-hydroxylation sites is 1. The Morgan fingerprint density at radius 3 is 2.54 bits per heavy atom. The first-order valence-electron chi connectivity index (χ1n) is 7.96. The van der Waals surface area contributed by atoms with E-state index in [1.54, 1.807) is 6.07 Å². The quantitative estimate of drug-likeness (QED) is 0.599. The van der Waals surface area contributed by atoms with E-state index in [-0.39, 0.29) is 16.8 Å². The van der Waals surface area contributed by atoms with Crippen molar-refractivity contribution in [2.45, 2.75) is 25.9 Å². The van der Waals surface area contributed by atoms with Crippen LogP contribution in [0.2, 0.25) is 5.02 Å². The van der Waals surface area contributed by atoms with Crippen molar-refractivity contribution in [3.8, 4) is 5.75 Å². The molecule has 0 aliphatic carbocycles. The summed E-state index contributed by atoms with van der Waals surface area (Å²) in [7, 11) is 0. The minimum absolute atomic E-state index is 0.0262. The van der Waals surface area contributed by atoms with Crippen molar-refractivity contribution in [1.29, 1.82) is 0 Å². The molecule has 2 aromatic carbocycles. The number of ether oxygens (including phenoxy) is 1. The molecule has 1 aliphatic rings. The van der Waals surface area contributed by atoms with E-state index >= 15 is 0 Å². The maximum Gasteiger partial charge on any atom is 0.271 e. The number of anilines is 1. The normalized spacial score (nSPS) is 15.3. The molecule has 0 unspecified atom stereocenters. The van der Waals surface area contributed by atoms with E-state index in [0.29, 0.717) is 5.75 Å². The fourth-order valence-electron chi connectivity index (χ4n) is 3.01. The van der Waals surface area contributed by atoms with Gasteiger partial charge in [0.2, 0.25) is 0 Å². The molecule has 0 spiro atoms. The predicted octanol–water partition coefficient (Wildman–Crippen LogP) is 4.60. The maximum atomic E-state index is 10.8. The van der Waals surface area contributed by atoms with Crippen molar-refractivity contribution in [3.05, 3.63) is 63.2 Å². The molecule has 0 bridgehead atoms. The van der Waals surface area contributed by atoms with Crippen molar-refractivity contribution in [1.82, 2.24) is 0 Å². The maximum absolute atomic E-state index is 10.8. The fourth-order valence-corrected chi connectivity index (χ4v) is 3.23. The molecule has 0 N–H and O–H groups in total. The second kappa shape index (κ2) is 7.09. The Morgan fingerprint density at radius 1 is 1.21 bits per heavy atom. The van der Waals surface area contributed by atoms with E-state index < -0.39 is 4.92 Å². The van der Waals surface area contributed by atoms with Gasteiger partial charge in [-0.1, -0.05) is 29.8 Å². The van der Waals surface area contributed by atoms with E-state index in [0.717, 1.165) is 25.9 Å². The molecule has 126 valence electrons. The Bertz CT molecular complexity index is 743. The Balaban J connectivity index is 1.62. The summed E-state index contributed by atoms with van der Waals surface area (Å²) in [6.07, 6.45) is 1.85. The highest BCUT2D eigenvalue weighted by atomic mass is 35.5. The third kappa shape index (κ3) is 3.62. The molecule has 3 rings (SSSR count). The smallest absolute Gasteiger partial charge is 0.271 e. The van der Waals surface area contributed by atoms with E-state index in [1.165, 1.54) is 23.4 Å². The lowest BCUT2D eigenvalue weighted by Gasteiger charge is -2.34. The number of benzene rings is 2. The van der Waals surface area contributed by atoms with Gasteiger partial charge in [-0.15, -0.1) is 0 Å². The first-order chi connectivity index (χ1) is 11.5. The number of hydrogen-bond acceptors (Lipinski definition) is 4. The Kier molecular flexibility index (Phi) is 4.90.